The van der Waals surface area contributed by atoms with E-state index in [0.717, 1.165) is 0 Å². The quantitative estimate of drug-likeness (QED) is 0.528. The van der Waals surface area contributed by atoms with Gasteiger partial charge in [-0.05, 0) is 37.8 Å². The van der Waals surface area contributed by atoms with E-state index in [2.05, 4.69) is 16.9 Å². The van der Waals surface area contributed by atoms with Gasteiger partial charge in [-0.3, -0.25) is 9.59 Å². The van der Waals surface area contributed by atoms with E-state index in [0.29, 0.717) is 25.0 Å². The molecule has 2 amide bonds. The summed E-state index contributed by atoms with van der Waals surface area (Å²) in [7, 11) is 0. The maximum Gasteiger partial charge on any atom is 0.329 e. The monoisotopic (exact) mass is 557 g/mol. The van der Waals surface area contributed by atoms with Crippen LogP contribution in [-0.2, 0) is 20.7 Å². The number of halogens is 1. The highest BCUT2D eigenvalue weighted by Crippen LogP contribution is 2.27. The minimum absolute atomic E-state index is 0.00601. The van der Waals surface area contributed by atoms with E-state index in [4.69, 9.17) is 9.15 Å². The van der Waals surface area contributed by atoms with Crippen LogP contribution >= 0.6 is 0 Å². The number of nitrogens with zero attached hydrogens (tertiary/aromatic N) is 2. The number of carbonyl (C=O) groups is 3. The average Bonchev–Trinajstić information content (AvgIpc) is 3.54. The van der Waals surface area contributed by atoms with E-state index in [1.54, 1.807) is 25.2 Å². The first kappa shape index (κ1) is 31.0. The number of carbonyl (C=O) groups excluding carboxylic acids is 3. The van der Waals surface area contributed by atoms with Crippen LogP contribution in [-0.4, -0.2) is 70.3 Å². The summed E-state index contributed by atoms with van der Waals surface area (Å²) in [5.74, 6) is -1.55. The normalized spacial score (nSPS) is 30.6. The van der Waals surface area contributed by atoms with Gasteiger partial charge in [0.2, 0.25) is 5.91 Å². The Morgan fingerprint density at radius 3 is 2.73 bits per heavy atom. The Labute approximate surface area is 234 Å². The number of hydrogen-bond acceptors (Lipinski definition) is 7. The third-order valence-corrected chi connectivity index (χ3v) is 6.97. The molecule has 3 heterocycles. The highest BCUT2D eigenvalue weighted by atomic mass is 19.1. The number of fused-ring (bicyclic) bond motifs is 3. The molecule has 40 heavy (non-hydrogen) atoms. The maximum absolute atomic E-state index is 14.8. The van der Waals surface area contributed by atoms with Gasteiger partial charge < -0.3 is 24.5 Å². The fourth-order valence-corrected chi connectivity index (χ4v) is 4.98. The number of oxazole rings is 1. The molecule has 0 radical (unpaired) electrons. The SMILES string of the molecule is C=Cc1oc2nc1C(=O)N1CCCC1C(=O)O[C@H](C(C)C)[C@H](C)/C=C/C(=O)NC/C=C/C(C)=C/[C@@H](O)CC(F)C2. The van der Waals surface area contributed by atoms with Crippen LogP contribution in [0.5, 0.6) is 0 Å². The van der Waals surface area contributed by atoms with Crippen LogP contribution in [0, 0.1) is 11.8 Å². The highest BCUT2D eigenvalue weighted by molar-refractivity contribution is 5.97. The molecule has 2 aliphatic rings. The zero-order chi connectivity index (χ0) is 29.4. The van der Waals surface area contributed by atoms with Crippen LogP contribution in [0.1, 0.15) is 69.1 Å². The zero-order valence-corrected chi connectivity index (χ0v) is 23.6. The van der Waals surface area contributed by atoms with Gasteiger partial charge in [0, 0.05) is 25.4 Å². The summed E-state index contributed by atoms with van der Waals surface area (Å²) in [6.07, 6.45) is 6.96. The number of aliphatic hydroxyl groups is 1. The van der Waals surface area contributed by atoms with E-state index in [1.165, 1.54) is 23.1 Å². The summed E-state index contributed by atoms with van der Waals surface area (Å²) in [5.41, 5.74) is 0.663. The molecule has 3 rings (SSSR count). The van der Waals surface area contributed by atoms with Crippen molar-refractivity contribution in [2.45, 2.75) is 77.8 Å². The minimum atomic E-state index is -1.49. The van der Waals surface area contributed by atoms with Crippen LogP contribution in [0.4, 0.5) is 4.39 Å². The topological polar surface area (TPSA) is 122 Å². The van der Waals surface area contributed by atoms with Gasteiger partial charge >= 0.3 is 5.97 Å². The number of alkyl halides is 1. The number of rotatable bonds is 2. The fourth-order valence-electron chi connectivity index (χ4n) is 4.98. The second-order valence-corrected chi connectivity index (χ2v) is 10.7. The van der Waals surface area contributed by atoms with Crippen molar-refractivity contribution < 1.29 is 33.0 Å². The van der Waals surface area contributed by atoms with Crippen LogP contribution < -0.4 is 5.32 Å². The molecule has 1 fully saturated rings. The molecule has 2 aliphatic heterocycles. The lowest BCUT2D eigenvalue weighted by molar-refractivity contribution is -0.158. The summed E-state index contributed by atoms with van der Waals surface area (Å²) in [4.78, 5) is 44.7. The lowest BCUT2D eigenvalue weighted by Crippen LogP contribution is -2.44. The number of nitrogens with one attached hydrogen (secondary N) is 1. The number of cyclic esters (lactones) is 1. The van der Waals surface area contributed by atoms with Crippen molar-refractivity contribution in [1.29, 1.82) is 0 Å². The van der Waals surface area contributed by atoms with Gasteiger partial charge in [0.1, 0.15) is 18.3 Å². The first-order valence-electron chi connectivity index (χ1n) is 13.8. The van der Waals surface area contributed by atoms with Gasteiger partial charge in [0.25, 0.3) is 5.91 Å². The van der Waals surface area contributed by atoms with Gasteiger partial charge in [0.05, 0.1) is 12.5 Å². The van der Waals surface area contributed by atoms with Crippen molar-refractivity contribution in [3.8, 4) is 0 Å². The predicted octanol–water partition coefficient (Wildman–Crippen LogP) is 3.95. The smallest absolute Gasteiger partial charge is 0.329 e. The Bertz CT molecular complexity index is 1170. The van der Waals surface area contributed by atoms with Crippen molar-refractivity contribution >= 4 is 23.9 Å². The zero-order valence-electron chi connectivity index (χ0n) is 23.6. The van der Waals surface area contributed by atoms with Gasteiger partial charge in [0.15, 0.2) is 17.3 Å². The lowest BCUT2D eigenvalue weighted by atomic mass is 9.94. The maximum atomic E-state index is 14.8. The van der Waals surface area contributed by atoms with Crippen LogP contribution in [0.25, 0.3) is 6.08 Å². The number of hydrogen-bond donors (Lipinski definition) is 2. The second kappa shape index (κ2) is 14.2. The molecule has 1 aromatic heterocycles. The van der Waals surface area contributed by atoms with Gasteiger partial charge in [-0.25, -0.2) is 14.2 Å². The Hall–Kier alpha value is -3.53. The standard InChI is InChI=1S/C30H40FN3O6/c1-6-24-27-29(37)34-14-8-10-23(34)30(38)40-28(18(2)3)20(5)11-12-25(36)32-13-7-9-19(4)15-22(35)16-21(31)17-26(33-27)39-24/h6-7,9,11-12,15,18,20-23,28,35H,1,8,10,13-14,16-17H2,2-5H3,(H,32,36)/b9-7+,12-11+,19-15+/t20-,21?,22-,23?,28-/m1/s1. The summed E-state index contributed by atoms with van der Waals surface area (Å²) in [6.45, 7) is 11.8. The summed E-state index contributed by atoms with van der Waals surface area (Å²) in [5, 5.41) is 13.1. The third kappa shape index (κ3) is 8.24. The molecule has 0 saturated carbocycles. The molecular weight excluding hydrogens is 517 g/mol. The lowest BCUT2D eigenvalue weighted by Gasteiger charge is -2.29. The molecule has 2 N–H and O–H groups in total. The molecule has 218 valence electrons. The van der Waals surface area contributed by atoms with E-state index < -0.39 is 36.3 Å². The number of aliphatic hydroxyl groups excluding tert-OH is 1. The molecule has 1 aromatic rings. The van der Waals surface area contributed by atoms with Crippen molar-refractivity contribution in [2.24, 2.45) is 11.8 Å². The van der Waals surface area contributed by atoms with Crippen molar-refractivity contribution in [2.75, 3.05) is 13.1 Å². The largest absolute Gasteiger partial charge is 0.460 e. The Balaban J connectivity index is 1.92. The predicted molar refractivity (Wildman–Crippen MR) is 149 cm³/mol. The molecule has 10 heteroatoms. The summed E-state index contributed by atoms with van der Waals surface area (Å²) < 4.78 is 26.3. The molecule has 0 aliphatic carbocycles. The van der Waals surface area contributed by atoms with Crippen molar-refractivity contribution in [3.63, 3.8) is 0 Å². The van der Waals surface area contributed by atoms with Gasteiger partial charge in [-0.1, -0.05) is 57.2 Å². The molecular formula is C30H40FN3O6. The van der Waals surface area contributed by atoms with Crippen LogP contribution in [0.15, 0.2) is 46.9 Å². The average molecular weight is 558 g/mol. The van der Waals surface area contributed by atoms with Crippen molar-refractivity contribution in [1.82, 2.24) is 15.2 Å². The molecule has 0 aromatic carbocycles. The number of aromatic nitrogens is 1. The molecule has 0 spiro atoms. The first-order chi connectivity index (χ1) is 19.0. The van der Waals surface area contributed by atoms with E-state index >= 15 is 0 Å². The van der Waals surface area contributed by atoms with E-state index in [-0.39, 0.29) is 54.5 Å². The fraction of sp³-hybridized carbons (Fsp3) is 0.533. The number of allylic oxidation sites excluding steroid dienone is 2. The molecule has 2 bridgehead atoms. The van der Waals surface area contributed by atoms with Crippen LogP contribution in [0.2, 0.25) is 0 Å². The number of esters is 1. The van der Waals surface area contributed by atoms with E-state index in [9.17, 15) is 23.9 Å². The van der Waals surface area contributed by atoms with Crippen LogP contribution in [0.3, 0.4) is 0 Å². The molecule has 2 unspecified atom stereocenters. The van der Waals surface area contributed by atoms with Gasteiger partial charge in [-0.2, -0.15) is 0 Å². The molecule has 5 atom stereocenters. The van der Waals surface area contributed by atoms with Gasteiger partial charge in [-0.15, -0.1) is 0 Å². The first-order valence-corrected chi connectivity index (χ1v) is 13.8. The minimum Gasteiger partial charge on any atom is -0.460 e. The third-order valence-electron chi connectivity index (χ3n) is 6.97. The Morgan fingerprint density at radius 1 is 1.27 bits per heavy atom. The van der Waals surface area contributed by atoms with E-state index in [1.807, 2.05) is 20.8 Å². The Kier molecular flexibility index (Phi) is 11.0. The summed E-state index contributed by atoms with van der Waals surface area (Å²) in [6, 6.07) is -0.807. The second-order valence-electron chi connectivity index (χ2n) is 10.7. The molecule has 1 saturated heterocycles. The number of amides is 2. The van der Waals surface area contributed by atoms with Crippen molar-refractivity contribution in [3.05, 3.63) is 59.9 Å². The number of ether oxygens (including phenoxy) is 1. The highest BCUT2D eigenvalue weighted by Gasteiger charge is 2.39. The summed E-state index contributed by atoms with van der Waals surface area (Å²) >= 11 is 0. The molecule has 9 nitrogen and oxygen atoms in total. The Morgan fingerprint density at radius 2 is 2.02 bits per heavy atom.